The molecule has 0 atom stereocenters. The van der Waals surface area contributed by atoms with Crippen LogP contribution < -0.4 is 10.4 Å². The molecule has 0 unspecified atom stereocenters. The maximum Gasteiger partial charge on any atom is 0.121 e. The number of benzene rings is 4. The fourth-order valence-corrected chi connectivity index (χ4v) is 7.18. The molecule has 250 valence electrons. The van der Waals surface area contributed by atoms with Crippen LogP contribution in [0, 0.1) is 41.5 Å². The topological polar surface area (TPSA) is 0 Å². The monoisotopic (exact) mass is 768 g/mol. The van der Waals surface area contributed by atoms with Gasteiger partial charge in [0, 0.05) is 0 Å². The predicted octanol–water partition coefficient (Wildman–Crippen LogP) is 12.3. The summed E-state index contributed by atoms with van der Waals surface area (Å²) in [6.07, 6.45) is 0. The zero-order valence-electron chi connectivity index (χ0n) is 31.0. The fraction of sp³-hybridized carbons (Fsp3) is 0.318. The molecule has 2 radical (unpaired) electrons. The van der Waals surface area contributed by atoms with Gasteiger partial charge in [0.2, 0.25) is 0 Å². The molecule has 0 N–H and O–H groups in total. The van der Waals surface area contributed by atoms with E-state index >= 15 is 0 Å². The molecule has 0 aromatic heterocycles. The largest absolute Gasteiger partial charge is 0.121 e. The molecule has 0 spiro atoms. The summed E-state index contributed by atoms with van der Waals surface area (Å²) in [5.41, 5.74) is 11.9. The zero-order chi connectivity index (χ0) is 35.8. The first-order valence-electron chi connectivity index (χ1n) is 16.7. The van der Waals surface area contributed by atoms with E-state index in [4.69, 9.17) is 17.0 Å². The average molecular weight is 771 g/mol. The Morgan fingerprint density at radius 2 is 0.812 bits per heavy atom. The molecule has 0 nitrogen and oxygen atoms in total. The van der Waals surface area contributed by atoms with Crippen LogP contribution in [0.5, 0.6) is 0 Å². The third-order valence-electron chi connectivity index (χ3n) is 9.03. The number of rotatable bonds is 2. The first-order chi connectivity index (χ1) is 22.5. The van der Waals surface area contributed by atoms with Gasteiger partial charge in [0.1, 0.15) is 9.52 Å². The van der Waals surface area contributed by atoms with Crippen molar-refractivity contribution in [3.8, 4) is 0 Å². The van der Waals surface area contributed by atoms with Crippen LogP contribution >= 0.6 is 17.0 Å². The Hall–Kier alpha value is -2.22. The van der Waals surface area contributed by atoms with Crippen LogP contribution in [0.1, 0.15) is 86.1 Å². The average Bonchev–Trinajstić information content (AvgIpc) is 3.50. The molecule has 6 aromatic rings. The van der Waals surface area contributed by atoms with Crippen LogP contribution in [0.2, 0.25) is 0 Å². The smallest absolute Gasteiger partial charge is 0.0631 e. The molecular formula is C44H52Cl2SiZr. The van der Waals surface area contributed by atoms with E-state index in [1.165, 1.54) is 76.4 Å². The summed E-state index contributed by atoms with van der Waals surface area (Å²) in [7, 11) is 10.6. The number of hydrogen-bond donors (Lipinski definition) is 0. The van der Waals surface area contributed by atoms with Gasteiger partial charge in [-0.15, -0.1) is 68.1 Å². The van der Waals surface area contributed by atoms with Crippen molar-refractivity contribution in [3.05, 3.63) is 142 Å². The van der Waals surface area contributed by atoms with Gasteiger partial charge in [-0.05, 0) is 10.8 Å². The molecule has 0 fully saturated rings. The van der Waals surface area contributed by atoms with Gasteiger partial charge in [0.15, 0.2) is 0 Å². The van der Waals surface area contributed by atoms with Crippen molar-refractivity contribution in [1.29, 1.82) is 0 Å². The van der Waals surface area contributed by atoms with Gasteiger partial charge in [0.05, 0.1) is 0 Å². The van der Waals surface area contributed by atoms with E-state index in [9.17, 15) is 0 Å². The van der Waals surface area contributed by atoms with Gasteiger partial charge < -0.3 is 0 Å². The minimum atomic E-state index is -0.826. The molecule has 0 aliphatic heterocycles. The van der Waals surface area contributed by atoms with E-state index in [1.54, 1.807) is 0 Å². The fourth-order valence-electron chi connectivity index (χ4n) is 6.13. The molecule has 0 heterocycles. The Labute approximate surface area is 312 Å². The maximum absolute atomic E-state index is 4.93. The normalized spacial score (nSPS) is 11.1. The van der Waals surface area contributed by atoms with Gasteiger partial charge in [-0.3, -0.25) is 0 Å². The Morgan fingerprint density at radius 3 is 1.10 bits per heavy atom. The molecule has 0 saturated heterocycles. The summed E-state index contributed by atoms with van der Waals surface area (Å²) in [6, 6.07) is 34.9. The van der Waals surface area contributed by atoms with E-state index < -0.39 is 20.8 Å². The molecule has 4 heteroatoms. The van der Waals surface area contributed by atoms with Gasteiger partial charge >= 0.3 is 37.9 Å². The molecule has 0 aliphatic rings. The second-order valence-electron chi connectivity index (χ2n) is 14.8. The summed E-state index contributed by atoms with van der Waals surface area (Å²) in [6.45, 7) is 27.1. The molecule has 0 aliphatic carbocycles. The van der Waals surface area contributed by atoms with Gasteiger partial charge in [-0.1, -0.05) is 177 Å². The summed E-state index contributed by atoms with van der Waals surface area (Å²) in [4.78, 5) is 0. The molecule has 6 rings (SSSR count). The summed E-state index contributed by atoms with van der Waals surface area (Å²) in [5, 5.41) is 8.61. The summed E-state index contributed by atoms with van der Waals surface area (Å²) >= 11 is -0.826. The van der Waals surface area contributed by atoms with Gasteiger partial charge in [-0.25, -0.2) is 0 Å². The predicted molar refractivity (Wildman–Crippen MR) is 215 cm³/mol. The second-order valence-corrected chi connectivity index (χ2v) is 19.9. The minimum Gasteiger partial charge on any atom is -0.0631 e. The van der Waals surface area contributed by atoms with Crippen LogP contribution in [0.15, 0.2) is 97.1 Å². The molecule has 0 saturated carbocycles. The Morgan fingerprint density at radius 1 is 0.500 bits per heavy atom. The number of fused-ring (bicyclic) bond motifs is 2. The summed E-state index contributed by atoms with van der Waals surface area (Å²) in [5.74, 6) is 0. The maximum atomic E-state index is 4.93. The second kappa shape index (κ2) is 17.6. The van der Waals surface area contributed by atoms with E-state index in [1.807, 2.05) is 0 Å². The molecule has 48 heavy (non-hydrogen) atoms. The Balaban J connectivity index is 0.000000188. The van der Waals surface area contributed by atoms with Crippen LogP contribution in [0.3, 0.4) is 0 Å². The van der Waals surface area contributed by atoms with Crippen LogP contribution in [0.4, 0.5) is 0 Å². The van der Waals surface area contributed by atoms with Crippen LogP contribution in [-0.4, -0.2) is 9.52 Å². The van der Waals surface area contributed by atoms with E-state index in [-0.39, 0.29) is 10.8 Å². The number of hydrogen-bond acceptors (Lipinski definition) is 0. The van der Waals surface area contributed by atoms with Crippen molar-refractivity contribution in [3.63, 3.8) is 0 Å². The van der Waals surface area contributed by atoms with Crippen LogP contribution in [0.25, 0.3) is 21.5 Å². The van der Waals surface area contributed by atoms with Crippen molar-refractivity contribution in [1.82, 2.24) is 0 Å². The van der Waals surface area contributed by atoms with Gasteiger partial charge in [-0.2, -0.15) is 11.1 Å². The standard InChI is InChI=1S/2C16H21.C12H10Si.2ClH.Zr/c2*1-10-7-8-14(16(4,5)6)15-12(3)11(2)9-13(10)15;1-3-7-11(8-4-1)13-12-9-5-2-6-10-12;;;/h2*7-9H,1-6H3;1-10H;2*1H;/q2*-1;;;;+4/p-2. The van der Waals surface area contributed by atoms with Crippen molar-refractivity contribution in [2.45, 2.75) is 93.9 Å². The Bertz CT molecular complexity index is 1760. The first kappa shape index (κ1) is 40.2. The first-order valence-corrected chi connectivity index (χ1v) is 24.0. The quantitative estimate of drug-likeness (QED) is 0.122. The van der Waals surface area contributed by atoms with E-state index in [2.05, 4.69) is 180 Å². The molecule has 0 bridgehead atoms. The molecule has 0 amide bonds. The van der Waals surface area contributed by atoms with Gasteiger partial charge in [0.25, 0.3) is 0 Å². The van der Waals surface area contributed by atoms with Crippen molar-refractivity contribution >= 4 is 58.5 Å². The summed E-state index contributed by atoms with van der Waals surface area (Å²) < 4.78 is 0. The Kier molecular flexibility index (Phi) is 14.8. The van der Waals surface area contributed by atoms with E-state index in [0.717, 1.165) is 9.52 Å². The third-order valence-corrected chi connectivity index (χ3v) is 10.3. The number of aryl methyl sites for hydroxylation is 6. The third kappa shape index (κ3) is 10.4. The number of halogens is 2. The van der Waals surface area contributed by atoms with Crippen LogP contribution in [-0.2, 0) is 31.7 Å². The van der Waals surface area contributed by atoms with Crippen molar-refractivity contribution in [2.75, 3.05) is 0 Å². The zero-order valence-corrected chi connectivity index (χ0v) is 36.0. The SMILES string of the molecule is Cc1[cH-]c2c(C)ccc(C(C)(C)C)c2c1C.Cc1[cH-]c2c(C)ccc(C(C)(C)C)c2c1C.[Cl][Zr+2][Cl].c1ccc([Si]c2ccccc2)cc1. The van der Waals surface area contributed by atoms with Crippen molar-refractivity contribution < 1.29 is 20.8 Å². The van der Waals surface area contributed by atoms with Crippen molar-refractivity contribution in [2.24, 2.45) is 0 Å². The molecular weight excluding hydrogens is 719 g/mol. The minimum absolute atomic E-state index is 0.220. The van der Waals surface area contributed by atoms with E-state index in [0.29, 0.717) is 0 Å². The molecule has 6 aromatic carbocycles.